The third-order valence-electron chi connectivity index (χ3n) is 3.21. The molecule has 7 heteroatoms. The van der Waals surface area contributed by atoms with Gasteiger partial charge in [-0.05, 0) is 12.1 Å². The molecule has 0 amide bonds. The molecule has 3 aromatic heterocycles. The van der Waals surface area contributed by atoms with E-state index in [1.807, 2.05) is 29.9 Å². The molecule has 3 rings (SSSR count). The first-order valence-corrected chi connectivity index (χ1v) is 7.63. The topological polar surface area (TPSA) is 68.8 Å². The Hall–Kier alpha value is -2.43. The van der Waals surface area contributed by atoms with Gasteiger partial charge in [0, 0.05) is 32.4 Å². The van der Waals surface area contributed by atoms with E-state index in [4.69, 9.17) is 5.11 Å². The van der Waals surface area contributed by atoms with E-state index in [1.165, 1.54) is 0 Å². The summed E-state index contributed by atoms with van der Waals surface area (Å²) in [7, 11) is 1.94. The van der Waals surface area contributed by atoms with Crippen LogP contribution in [0.2, 0.25) is 0 Å². The molecule has 1 N–H and O–H groups in total. The van der Waals surface area contributed by atoms with Gasteiger partial charge >= 0.3 is 0 Å². The minimum atomic E-state index is -0.125. The number of thiophene rings is 1. The van der Waals surface area contributed by atoms with E-state index in [2.05, 4.69) is 31.6 Å². The van der Waals surface area contributed by atoms with E-state index in [0.29, 0.717) is 0 Å². The molecule has 0 aliphatic rings. The SMILES string of the molecule is Cn1cnnc1CCn1ccnc1-c1ccc(C#CCO)s1. The lowest BCUT2D eigenvalue weighted by Crippen LogP contribution is -2.06. The van der Waals surface area contributed by atoms with Crippen LogP contribution in [-0.4, -0.2) is 36.0 Å². The summed E-state index contributed by atoms with van der Waals surface area (Å²) in [5.74, 6) is 7.44. The van der Waals surface area contributed by atoms with Crippen LogP contribution in [0.5, 0.6) is 0 Å². The van der Waals surface area contributed by atoms with Crippen LogP contribution >= 0.6 is 11.3 Å². The van der Waals surface area contributed by atoms with Gasteiger partial charge in [0.25, 0.3) is 0 Å². The molecular weight excluding hydrogens is 298 g/mol. The molecular formula is C15H15N5OS. The third kappa shape index (κ3) is 3.08. The molecule has 0 saturated carbocycles. The lowest BCUT2D eigenvalue weighted by molar-refractivity contribution is 0.350. The Morgan fingerprint density at radius 2 is 2.27 bits per heavy atom. The van der Waals surface area contributed by atoms with Crippen LogP contribution in [0.25, 0.3) is 10.7 Å². The quantitative estimate of drug-likeness (QED) is 0.738. The van der Waals surface area contributed by atoms with Crippen LogP contribution in [0.4, 0.5) is 0 Å². The predicted octanol–water partition coefficient (Wildman–Crippen LogP) is 1.33. The van der Waals surface area contributed by atoms with Crippen LogP contribution in [0.3, 0.4) is 0 Å². The molecule has 0 bridgehead atoms. The number of hydrogen-bond donors (Lipinski definition) is 1. The van der Waals surface area contributed by atoms with Crippen molar-refractivity contribution in [2.24, 2.45) is 7.05 Å². The van der Waals surface area contributed by atoms with Crippen molar-refractivity contribution in [3.8, 4) is 22.5 Å². The fraction of sp³-hybridized carbons (Fsp3) is 0.267. The predicted molar refractivity (Wildman–Crippen MR) is 84.2 cm³/mol. The Bertz CT molecular complexity index is 820. The smallest absolute Gasteiger partial charge is 0.150 e. The van der Waals surface area contributed by atoms with Gasteiger partial charge in [0.1, 0.15) is 24.6 Å². The van der Waals surface area contributed by atoms with Crippen molar-refractivity contribution in [1.29, 1.82) is 0 Å². The van der Waals surface area contributed by atoms with E-state index in [0.717, 1.165) is 34.4 Å². The second-order valence-electron chi connectivity index (χ2n) is 4.68. The van der Waals surface area contributed by atoms with Crippen molar-refractivity contribution in [2.45, 2.75) is 13.0 Å². The fourth-order valence-electron chi connectivity index (χ4n) is 2.12. The van der Waals surface area contributed by atoms with Crippen molar-refractivity contribution in [3.63, 3.8) is 0 Å². The molecule has 3 aromatic rings. The largest absolute Gasteiger partial charge is 0.384 e. The van der Waals surface area contributed by atoms with Crippen molar-refractivity contribution in [1.82, 2.24) is 24.3 Å². The molecule has 6 nitrogen and oxygen atoms in total. The Labute approximate surface area is 132 Å². The second-order valence-corrected chi connectivity index (χ2v) is 5.76. The van der Waals surface area contributed by atoms with Gasteiger partial charge in [0.15, 0.2) is 0 Å². The first-order chi connectivity index (χ1) is 10.8. The van der Waals surface area contributed by atoms with Crippen LogP contribution in [0.1, 0.15) is 10.7 Å². The summed E-state index contributed by atoms with van der Waals surface area (Å²) in [6.45, 7) is 0.664. The lowest BCUT2D eigenvalue weighted by Gasteiger charge is -2.06. The summed E-state index contributed by atoms with van der Waals surface area (Å²) in [6, 6.07) is 3.96. The van der Waals surface area contributed by atoms with Gasteiger partial charge in [-0.2, -0.15) is 0 Å². The maximum atomic E-state index is 8.75. The van der Waals surface area contributed by atoms with E-state index < -0.39 is 0 Å². The second kappa shape index (κ2) is 6.56. The van der Waals surface area contributed by atoms with Gasteiger partial charge < -0.3 is 14.2 Å². The highest BCUT2D eigenvalue weighted by Crippen LogP contribution is 2.26. The average molecular weight is 313 g/mol. The first kappa shape index (κ1) is 14.5. The van der Waals surface area contributed by atoms with Crippen molar-refractivity contribution >= 4 is 11.3 Å². The Kier molecular flexibility index (Phi) is 4.32. The van der Waals surface area contributed by atoms with Gasteiger partial charge in [0.05, 0.1) is 9.75 Å². The van der Waals surface area contributed by atoms with Gasteiger partial charge in [-0.25, -0.2) is 4.98 Å². The van der Waals surface area contributed by atoms with Gasteiger partial charge in [-0.3, -0.25) is 0 Å². The van der Waals surface area contributed by atoms with Crippen molar-refractivity contribution < 1.29 is 5.11 Å². The van der Waals surface area contributed by atoms with Crippen LogP contribution < -0.4 is 0 Å². The molecule has 0 radical (unpaired) electrons. The molecule has 0 unspecified atom stereocenters. The number of hydrogen-bond acceptors (Lipinski definition) is 5. The molecule has 0 aliphatic heterocycles. The van der Waals surface area contributed by atoms with E-state index in [1.54, 1.807) is 23.9 Å². The molecule has 0 spiro atoms. The normalized spacial score (nSPS) is 10.5. The average Bonchev–Trinajstić information content (AvgIpc) is 3.23. The maximum absolute atomic E-state index is 8.75. The maximum Gasteiger partial charge on any atom is 0.150 e. The van der Waals surface area contributed by atoms with Crippen LogP contribution in [0, 0.1) is 11.8 Å². The first-order valence-electron chi connectivity index (χ1n) is 6.82. The molecule has 112 valence electrons. The number of nitrogens with zero attached hydrogens (tertiary/aromatic N) is 5. The summed E-state index contributed by atoms with van der Waals surface area (Å²) in [6.07, 6.45) is 6.26. The number of imidazole rings is 1. The van der Waals surface area contributed by atoms with Crippen molar-refractivity contribution in [2.75, 3.05) is 6.61 Å². The number of aromatic nitrogens is 5. The summed E-state index contributed by atoms with van der Waals surface area (Å²) in [5, 5.41) is 16.7. The molecule has 22 heavy (non-hydrogen) atoms. The summed E-state index contributed by atoms with van der Waals surface area (Å²) in [4.78, 5) is 6.42. The monoisotopic (exact) mass is 313 g/mol. The van der Waals surface area contributed by atoms with Crippen molar-refractivity contribution in [3.05, 3.63) is 41.6 Å². The molecule has 0 fully saturated rings. The van der Waals surface area contributed by atoms with Crippen LogP contribution in [0.15, 0.2) is 30.9 Å². The Morgan fingerprint density at radius 1 is 1.36 bits per heavy atom. The summed E-state index contributed by atoms with van der Waals surface area (Å²) >= 11 is 1.57. The molecule has 0 aromatic carbocycles. The Morgan fingerprint density at radius 3 is 3.05 bits per heavy atom. The molecule has 0 saturated heterocycles. The zero-order valence-corrected chi connectivity index (χ0v) is 12.9. The number of aliphatic hydroxyl groups excluding tert-OH is 1. The zero-order valence-electron chi connectivity index (χ0n) is 12.1. The van der Waals surface area contributed by atoms with Gasteiger partial charge in [-0.15, -0.1) is 21.5 Å². The highest BCUT2D eigenvalue weighted by molar-refractivity contribution is 7.15. The summed E-state index contributed by atoms with van der Waals surface area (Å²) < 4.78 is 4.02. The fourth-order valence-corrected chi connectivity index (χ4v) is 3.01. The Balaban J connectivity index is 1.77. The minimum Gasteiger partial charge on any atom is -0.384 e. The number of aryl methyl sites for hydroxylation is 3. The summed E-state index contributed by atoms with van der Waals surface area (Å²) in [5.41, 5.74) is 0. The van der Waals surface area contributed by atoms with E-state index in [-0.39, 0.29) is 6.61 Å². The zero-order chi connectivity index (χ0) is 15.4. The molecule has 3 heterocycles. The number of aliphatic hydroxyl groups is 1. The van der Waals surface area contributed by atoms with Crippen LogP contribution in [-0.2, 0) is 20.0 Å². The highest BCUT2D eigenvalue weighted by atomic mass is 32.1. The molecule has 0 aliphatic carbocycles. The van der Waals surface area contributed by atoms with E-state index in [9.17, 15) is 0 Å². The minimum absolute atomic E-state index is 0.125. The molecule has 0 atom stereocenters. The standard InChI is InChI=1S/C15H15N5OS/c1-19-11-17-18-14(19)6-8-20-9-7-16-15(20)13-5-4-12(22-13)3-2-10-21/h4-5,7,9,11,21H,6,8,10H2,1H3. The van der Waals surface area contributed by atoms with E-state index >= 15 is 0 Å². The third-order valence-corrected chi connectivity index (χ3v) is 4.21. The van der Waals surface area contributed by atoms with Gasteiger partial charge in [-0.1, -0.05) is 11.8 Å². The van der Waals surface area contributed by atoms with Gasteiger partial charge in [0.2, 0.25) is 0 Å². The number of rotatable bonds is 4. The lowest BCUT2D eigenvalue weighted by atomic mass is 10.3. The highest BCUT2D eigenvalue weighted by Gasteiger charge is 2.09.